The molecular weight excluding hydrogens is 514 g/mol. The second-order valence-corrected chi connectivity index (χ2v) is 9.63. The lowest BCUT2D eigenvalue weighted by Gasteiger charge is -2.18. The average Bonchev–Trinajstić information content (AvgIpc) is 3.50. The van der Waals surface area contributed by atoms with Crippen molar-refractivity contribution in [2.75, 3.05) is 38.5 Å². The molecule has 3 aromatic rings. The van der Waals surface area contributed by atoms with Crippen LogP contribution < -0.4 is 24.3 Å². The fourth-order valence-corrected chi connectivity index (χ4v) is 5.18. The predicted molar refractivity (Wildman–Crippen MR) is 137 cm³/mol. The van der Waals surface area contributed by atoms with Crippen molar-refractivity contribution < 1.29 is 42.8 Å². The molecule has 5 rings (SSSR count). The van der Waals surface area contributed by atoms with Crippen LogP contribution in [0.5, 0.6) is 23.0 Å². The molecule has 0 saturated carbocycles. The number of hydrogen-bond donors (Lipinski definition) is 1. The highest BCUT2D eigenvalue weighted by atomic mass is 32.1. The van der Waals surface area contributed by atoms with Gasteiger partial charge in [-0.3, -0.25) is 4.79 Å². The van der Waals surface area contributed by atoms with E-state index < -0.39 is 24.5 Å². The lowest BCUT2D eigenvalue weighted by Crippen LogP contribution is -2.22. The van der Waals surface area contributed by atoms with Crippen LogP contribution in [0.25, 0.3) is 0 Å². The van der Waals surface area contributed by atoms with E-state index in [1.165, 1.54) is 23.5 Å². The summed E-state index contributed by atoms with van der Waals surface area (Å²) in [6.45, 7) is 4.21. The summed E-state index contributed by atoms with van der Waals surface area (Å²) < 4.78 is 32.2. The van der Waals surface area contributed by atoms with Crippen molar-refractivity contribution in [2.24, 2.45) is 0 Å². The molecule has 198 valence electrons. The first-order valence-electron chi connectivity index (χ1n) is 12.0. The summed E-state index contributed by atoms with van der Waals surface area (Å²) in [5.74, 6) is 0.476. The third kappa shape index (κ3) is 5.37. The topological polar surface area (TPSA) is 119 Å². The molecule has 38 heavy (non-hydrogen) atoms. The molecule has 0 radical (unpaired) electrons. The van der Waals surface area contributed by atoms with Gasteiger partial charge in [-0.05, 0) is 61.7 Å². The van der Waals surface area contributed by atoms with Crippen molar-refractivity contribution in [3.05, 3.63) is 63.5 Å². The van der Waals surface area contributed by atoms with Crippen LogP contribution in [0.15, 0.2) is 36.4 Å². The maximum atomic E-state index is 12.9. The first kappa shape index (κ1) is 25.4. The van der Waals surface area contributed by atoms with Crippen molar-refractivity contribution in [1.82, 2.24) is 0 Å². The Hall–Kier alpha value is -4.25. The molecule has 0 aliphatic carbocycles. The number of benzene rings is 2. The number of fused-ring (bicyclic) bond motifs is 2. The zero-order chi connectivity index (χ0) is 26.6. The van der Waals surface area contributed by atoms with Crippen molar-refractivity contribution in [1.29, 1.82) is 0 Å². The molecule has 2 aliphatic rings. The van der Waals surface area contributed by atoms with Gasteiger partial charge in [-0.15, -0.1) is 11.3 Å². The minimum absolute atomic E-state index is 0.166. The van der Waals surface area contributed by atoms with Gasteiger partial charge in [-0.2, -0.15) is 0 Å². The maximum absolute atomic E-state index is 12.9. The Bertz CT molecular complexity index is 1400. The van der Waals surface area contributed by atoms with Gasteiger partial charge < -0.3 is 33.7 Å². The SMILES string of the molecule is CCOC(=O)c1c(NC(=O)COC(=O)c2ccc3c(c2)OCCO3)sc(C)c1Cc1ccc2c(c1)OCO2. The number of aryl methyl sites for hydroxylation is 1. The van der Waals surface area contributed by atoms with Crippen LogP contribution >= 0.6 is 11.3 Å². The van der Waals surface area contributed by atoms with Crippen molar-refractivity contribution in [2.45, 2.75) is 20.3 Å². The van der Waals surface area contributed by atoms with Crippen LogP contribution in [0.2, 0.25) is 0 Å². The number of rotatable bonds is 8. The fraction of sp³-hybridized carbons (Fsp3) is 0.296. The Morgan fingerprint density at radius 1 is 0.895 bits per heavy atom. The van der Waals surface area contributed by atoms with E-state index in [2.05, 4.69) is 5.32 Å². The monoisotopic (exact) mass is 539 g/mol. The van der Waals surface area contributed by atoms with Gasteiger partial charge in [-0.25, -0.2) is 9.59 Å². The first-order valence-corrected chi connectivity index (χ1v) is 12.8. The molecule has 2 aliphatic heterocycles. The van der Waals surface area contributed by atoms with Gasteiger partial charge in [0.1, 0.15) is 18.2 Å². The van der Waals surface area contributed by atoms with Gasteiger partial charge in [0, 0.05) is 4.88 Å². The molecule has 10 nitrogen and oxygen atoms in total. The summed E-state index contributed by atoms with van der Waals surface area (Å²) in [5, 5.41) is 3.04. The highest BCUT2D eigenvalue weighted by Crippen LogP contribution is 2.38. The zero-order valence-electron chi connectivity index (χ0n) is 20.8. The molecule has 0 unspecified atom stereocenters. The Kier molecular flexibility index (Phi) is 7.36. The molecule has 1 aromatic heterocycles. The third-order valence-corrected chi connectivity index (χ3v) is 6.93. The van der Waals surface area contributed by atoms with Gasteiger partial charge in [0.25, 0.3) is 5.91 Å². The molecule has 0 fully saturated rings. The molecule has 2 aromatic carbocycles. The number of anilines is 1. The van der Waals surface area contributed by atoms with E-state index in [0.29, 0.717) is 47.6 Å². The van der Waals surface area contributed by atoms with E-state index in [-0.39, 0.29) is 24.5 Å². The Labute approximate surface area is 222 Å². The van der Waals surface area contributed by atoms with Gasteiger partial charge in [0.15, 0.2) is 29.6 Å². The number of carbonyl (C=O) groups excluding carboxylic acids is 3. The summed E-state index contributed by atoms with van der Waals surface area (Å²) in [7, 11) is 0. The molecule has 0 atom stereocenters. The molecule has 3 heterocycles. The maximum Gasteiger partial charge on any atom is 0.341 e. The normalized spacial score (nSPS) is 13.1. The summed E-state index contributed by atoms with van der Waals surface area (Å²) in [6, 6.07) is 10.3. The van der Waals surface area contributed by atoms with Crippen LogP contribution in [-0.2, 0) is 20.7 Å². The average molecular weight is 540 g/mol. The predicted octanol–water partition coefficient (Wildman–Crippen LogP) is 4.12. The van der Waals surface area contributed by atoms with Crippen molar-refractivity contribution in [3.63, 3.8) is 0 Å². The van der Waals surface area contributed by atoms with E-state index in [9.17, 15) is 14.4 Å². The number of nitrogens with one attached hydrogen (secondary N) is 1. The lowest BCUT2D eigenvalue weighted by atomic mass is 10.0. The largest absolute Gasteiger partial charge is 0.486 e. The van der Waals surface area contributed by atoms with Crippen molar-refractivity contribution >= 4 is 34.2 Å². The molecule has 1 amide bonds. The first-order chi connectivity index (χ1) is 18.4. The van der Waals surface area contributed by atoms with Crippen LogP contribution in [-0.4, -0.2) is 51.1 Å². The van der Waals surface area contributed by atoms with Crippen LogP contribution in [0.1, 0.15) is 43.6 Å². The molecule has 0 spiro atoms. The Balaban J connectivity index is 1.29. The Morgan fingerprint density at radius 3 is 2.42 bits per heavy atom. The summed E-state index contributed by atoms with van der Waals surface area (Å²) in [4.78, 5) is 39.0. The summed E-state index contributed by atoms with van der Waals surface area (Å²) >= 11 is 1.25. The van der Waals surface area contributed by atoms with Crippen LogP contribution in [0.3, 0.4) is 0 Å². The van der Waals surface area contributed by atoms with E-state index in [0.717, 1.165) is 16.0 Å². The van der Waals surface area contributed by atoms with Gasteiger partial charge >= 0.3 is 11.9 Å². The van der Waals surface area contributed by atoms with Gasteiger partial charge in [0.05, 0.1) is 17.7 Å². The standard InChI is InChI=1S/C27H25NO9S/c1-3-32-27(31)24-18(10-16-4-6-20-21(11-16)37-14-36-20)15(2)38-25(24)28-23(29)13-35-26(30)17-5-7-19-22(12-17)34-9-8-33-19/h4-7,11-12H,3,8-10,13-14H2,1-2H3,(H,28,29). The number of hydrogen-bond acceptors (Lipinski definition) is 10. The summed E-state index contributed by atoms with van der Waals surface area (Å²) in [5.41, 5.74) is 2.15. The highest BCUT2D eigenvalue weighted by molar-refractivity contribution is 7.16. The van der Waals surface area contributed by atoms with Gasteiger partial charge in [-0.1, -0.05) is 6.07 Å². The minimum Gasteiger partial charge on any atom is -0.486 e. The van der Waals surface area contributed by atoms with Gasteiger partial charge in [0.2, 0.25) is 6.79 Å². The highest BCUT2D eigenvalue weighted by Gasteiger charge is 2.26. The minimum atomic E-state index is -0.686. The van der Waals surface area contributed by atoms with E-state index in [4.69, 9.17) is 28.4 Å². The van der Waals surface area contributed by atoms with E-state index in [1.54, 1.807) is 13.0 Å². The summed E-state index contributed by atoms with van der Waals surface area (Å²) in [6.07, 6.45) is 0.419. The molecule has 11 heteroatoms. The number of thiophene rings is 1. The zero-order valence-corrected chi connectivity index (χ0v) is 21.6. The second kappa shape index (κ2) is 11.0. The number of ether oxygens (including phenoxy) is 6. The molecular formula is C27H25NO9S. The number of carbonyl (C=O) groups is 3. The fourth-order valence-electron chi connectivity index (χ4n) is 4.10. The number of esters is 2. The molecule has 0 bridgehead atoms. The third-order valence-electron chi connectivity index (χ3n) is 5.87. The quantitative estimate of drug-likeness (QED) is 0.422. The lowest BCUT2D eigenvalue weighted by molar-refractivity contribution is -0.119. The molecule has 0 saturated heterocycles. The van der Waals surface area contributed by atoms with Crippen LogP contribution in [0, 0.1) is 6.92 Å². The second-order valence-electron chi connectivity index (χ2n) is 8.41. The van der Waals surface area contributed by atoms with Crippen LogP contribution in [0.4, 0.5) is 5.00 Å². The van der Waals surface area contributed by atoms with E-state index in [1.807, 2.05) is 25.1 Å². The smallest absolute Gasteiger partial charge is 0.341 e. The van der Waals surface area contributed by atoms with Crippen molar-refractivity contribution in [3.8, 4) is 23.0 Å². The van der Waals surface area contributed by atoms with E-state index >= 15 is 0 Å². The number of amides is 1. The molecule has 1 N–H and O–H groups in total. The Morgan fingerprint density at radius 2 is 1.61 bits per heavy atom.